The van der Waals surface area contributed by atoms with Crippen LogP contribution in [0.25, 0.3) is 0 Å². The summed E-state index contributed by atoms with van der Waals surface area (Å²) in [4.78, 5) is 14.5. The molecule has 0 atom stereocenters. The molecule has 0 unspecified atom stereocenters. The zero-order chi connectivity index (χ0) is 12.7. The number of nitrogens with two attached hydrogens (primary N) is 1. The molecule has 1 aliphatic carbocycles. The van der Waals surface area contributed by atoms with E-state index in [0.717, 1.165) is 51.9 Å². The van der Waals surface area contributed by atoms with Crippen LogP contribution in [-0.4, -0.2) is 43.5 Å². The summed E-state index contributed by atoms with van der Waals surface area (Å²) >= 11 is 0. The first-order chi connectivity index (χ1) is 8.18. The van der Waals surface area contributed by atoms with Crippen LogP contribution < -0.4 is 11.1 Å². The number of carbonyl (C=O) groups is 1. The molecule has 17 heavy (non-hydrogen) atoms. The van der Waals surface area contributed by atoms with Crippen LogP contribution in [0.5, 0.6) is 0 Å². The van der Waals surface area contributed by atoms with Gasteiger partial charge in [-0.1, -0.05) is 26.7 Å². The number of amides is 1. The van der Waals surface area contributed by atoms with Gasteiger partial charge in [0.2, 0.25) is 5.91 Å². The lowest BCUT2D eigenvalue weighted by Gasteiger charge is -2.26. The summed E-state index contributed by atoms with van der Waals surface area (Å²) in [5, 5.41) is 3.05. The van der Waals surface area contributed by atoms with Crippen LogP contribution in [0, 0.1) is 5.41 Å². The Kier molecular flexibility index (Phi) is 5.92. The van der Waals surface area contributed by atoms with Crippen molar-refractivity contribution in [1.82, 2.24) is 10.2 Å². The highest BCUT2D eigenvalue weighted by Gasteiger charge is 2.39. The van der Waals surface area contributed by atoms with Gasteiger partial charge in [0.05, 0.1) is 5.41 Å². The molecule has 1 saturated carbocycles. The second-order valence-electron chi connectivity index (χ2n) is 4.97. The predicted octanol–water partition coefficient (Wildman–Crippen LogP) is 0.964. The van der Waals surface area contributed by atoms with Crippen molar-refractivity contribution < 1.29 is 4.79 Å². The van der Waals surface area contributed by atoms with Gasteiger partial charge in [0.15, 0.2) is 0 Å². The molecule has 1 fully saturated rings. The summed E-state index contributed by atoms with van der Waals surface area (Å²) in [6.45, 7) is 8.52. The highest BCUT2D eigenvalue weighted by molar-refractivity contribution is 5.83. The van der Waals surface area contributed by atoms with Crippen LogP contribution in [-0.2, 0) is 4.79 Å². The van der Waals surface area contributed by atoms with Crippen molar-refractivity contribution in [2.24, 2.45) is 11.1 Å². The lowest BCUT2D eigenvalue weighted by Crippen LogP contribution is -2.46. The summed E-state index contributed by atoms with van der Waals surface area (Å²) in [5.74, 6) is 0.171. The standard InChI is InChI=1S/C13H27N3O/c1-3-16(4-2)10-9-15-12(17)13(11-14)7-5-6-8-13/h3-11,14H2,1-2H3,(H,15,17). The van der Waals surface area contributed by atoms with Gasteiger partial charge >= 0.3 is 0 Å². The van der Waals surface area contributed by atoms with E-state index in [1.807, 2.05) is 0 Å². The molecule has 1 aliphatic rings. The maximum absolute atomic E-state index is 12.1. The third kappa shape index (κ3) is 3.68. The van der Waals surface area contributed by atoms with Crippen molar-refractivity contribution in [2.45, 2.75) is 39.5 Å². The van der Waals surface area contributed by atoms with Crippen LogP contribution in [0.3, 0.4) is 0 Å². The third-order valence-electron chi connectivity index (χ3n) is 4.04. The number of carbonyl (C=O) groups excluding carboxylic acids is 1. The average molecular weight is 241 g/mol. The maximum atomic E-state index is 12.1. The minimum atomic E-state index is -0.261. The quantitative estimate of drug-likeness (QED) is 0.698. The fourth-order valence-corrected chi connectivity index (χ4v) is 2.63. The molecule has 0 heterocycles. The van der Waals surface area contributed by atoms with E-state index in [2.05, 4.69) is 24.1 Å². The molecule has 1 amide bonds. The Hall–Kier alpha value is -0.610. The zero-order valence-corrected chi connectivity index (χ0v) is 11.3. The normalized spacial score (nSPS) is 18.6. The molecule has 0 saturated heterocycles. The van der Waals surface area contributed by atoms with Crippen molar-refractivity contribution in [3.05, 3.63) is 0 Å². The van der Waals surface area contributed by atoms with Crippen LogP contribution in [0.15, 0.2) is 0 Å². The molecule has 1 rings (SSSR count). The number of nitrogens with zero attached hydrogens (tertiary/aromatic N) is 1. The van der Waals surface area contributed by atoms with E-state index < -0.39 is 0 Å². The fraction of sp³-hybridized carbons (Fsp3) is 0.923. The van der Waals surface area contributed by atoms with Crippen molar-refractivity contribution >= 4 is 5.91 Å². The Morgan fingerprint density at radius 1 is 1.29 bits per heavy atom. The summed E-state index contributed by atoms with van der Waals surface area (Å²) in [5.41, 5.74) is 5.52. The molecule has 0 aliphatic heterocycles. The van der Waals surface area contributed by atoms with Gasteiger partial charge in [-0.15, -0.1) is 0 Å². The summed E-state index contributed by atoms with van der Waals surface area (Å²) < 4.78 is 0. The number of nitrogens with one attached hydrogen (secondary N) is 1. The number of likely N-dealkylation sites (N-methyl/N-ethyl adjacent to an activating group) is 1. The molecule has 0 radical (unpaired) electrons. The molecule has 0 aromatic rings. The van der Waals surface area contributed by atoms with Gasteiger partial charge in [-0.25, -0.2) is 0 Å². The molecule has 0 spiro atoms. The van der Waals surface area contributed by atoms with E-state index in [9.17, 15) is 4.79 Å². The first-order valence-corrected chi connectivity index (χ1v) is 6.89. The van der Waals surface area contributed by atoms with Gasteiger partial charge in [0, 0.05) is 19.6 Å². The fourth-order valence-electron chi connectivity index (χ4n) is 2.63. The second-order valence-corrected chi connectivity index (χ2v) is 4.97. The Bertz CT molecular complexity index is 233. The van der Waals surface area contributed by atoms with Gasteiger partial charge in [-0.2, -0.15) is 0 Å². The summed E-state index contributed by atoms with van der Waals surface area (Å²) in [6, 6.07) is 0. The maximum Gasteiger partial charge on any atom is 0.227 e. The molecule has 0 aromatic heterocycles. The van der Waals surface area contributed by atoms with Crippen molar-refractivity contribution in [3.63, 3.8) is 0 Å². The molecule has 3 N–H and O–H groups in total. The molecule has 0 bridgehead atoms. The minimum Gasteiger partial charge on any atom is -0.354 e. The van der Waals surface area contributed by atoms with E-state index >= 15 is 0 Å². The Labute approximate surface area is 105 Å². The summed E-state index contributed by atoms with van der Waals surface area (Å²) in [6.07, 6.45) is 4.20. The highest BCUT2D eigenvalue weighted by atomic mass is 16.2. The van der Waals surface area contributed by atoms with Gasteiger partial charge in [0.1, 0.15) is 0 Å². The predicted molar refractivity (Wildman–Crippen MR) is 70.8 cm³/mol. The zero-order valence-electron chi connectivity index (χ0n) is 11.3. The lowest BCUT2D eigenvalue weighted by molar-refractivity contribution is -0.130. The first kappa shape index (κ1) is 14.5. The Balaban J connectivity index is 2.33. The second kappa shape index (κ2) is 6.97. The van der Waals surface area contributed by atoms with Crippen LogP contribution in [0.2, 0.25) is 0 Å². The van der Waals surface area contributed by atoms with Crippen molar-refractivity contribution in [1.29, 1.82) is 0 Å². The smallest absolute Gasteiger partial charge is 0.227 e. The van der Waals surface area contributed by atoms with Crippen LogP contribution in [0.4, 0.5) is 0 Å². The molecular weight excluding hydrogens is 214 g/mol. The van der Waals surface area contributed by atoms with E-state index in [-0.39, 0.29) is 11.3 Å². The van der Waals surface area contributed by atoms with E-state index in [1.165, 1.54) is 0 Å². The van der Waals surface area contributed by atoms with E-state index in [0.29, 0.717) is 6.54 Å². The lowest BCUT2D eigenvalue weighted by atomic mass is 9.85. The molecule has 4 nitrogen and oxygen atoms in total. The Morgan fingerprint density at radius 2 is 1.88 bits per heavy atom. The SMILES string of the molecule is CCN(CC)CCNC(=O)C1(CN)CCCC1. The summed E-state index contributed by atoms with van der Waals surface area (Å²) in [7, 11) is 0. The molecule has 0 aromatic carbocycles. The molecule has 4 heteroatoms. The number of hydrogen-bond acceptors (Lipinski definition) is 3. The molecular formula is C13H27N3O. The number of rotatable bonds is 7. The highest BCUT2D eigenvalue weighted by Crippen LogP contribution is 2.37. The van der Waals surface area contributed by atoms with Gasteiger partial charge in [0.25, 0.3) is 0 Å². The first-order valence-electron chi connectivity index (χ1n) is 6.89. The van der Waals surface area contributed by atoms with Crippen molar-refractivity contribution in [3.8, 4) is 0 Å². The van der Waals surface area contributed by atoms with E-state index in [1.54, 1.807) is 0 Å². The largest absolute Gasteiger partial charge is 0.354 e. The monoisotopic (exact) mass is 241 g/mol. The third-order valence-corrected chi connectivity index (χ3v) is 4.04. The van der Waals surface area contributed by atoms with Crippen molar-refractivity contribution in [2.75, 3.05) is 32.7 Å². The average Bonchev–Trinajstić information content (AvgIpc) is 2.84. The van der Waals surface area contributed by atoms with Gasteiger partial charge in [-0.05, 0) is 25.9 Å². The number of hydrogen-bond donors (Lipinski definition) is 2. The molecule has 100 valence electrons. The topological polar surface area (TPSA) is 58.4 Å². The van der Waals surface area contributed by atoms with E-state index in [4.69, 9.17) is 5.73 Å². The van der Waals surface area contributed by atoms with Crippen LogP contribution >= 0.6 is 0 Å². The minimum absolute atomic E-state index is 0.171. The van der Waals surface area contributed by atoms with Gasteiger partial charge < -0.3 is 16.0 Å². The van der Waals surface area contributed by atoms with Gasteiger partial charge in [-0.3, -0.25) is 4.79 Å². The van der Waals surface area contributed by atoms with Crippen LogP contribution in [0.1, 0.15) is 39.5 Å². The Morgan fingerprint density at radius 3 is 2.35 bits per heavy atom.